The van der Waals surface area contributed by atoms with E-state index in [-0.39, 0.29) is 23.3 Å². The van der Waals surface area contributed by atoms with Gasteiger partial charge in [-0.1, -0.05) is 22.4 Å². The zero-order valence-electron chi connectivity index (χ0n) is 13.1. The number of ether oxygens (including phenoxy) is 1. The third-order valence-corrected chi connectivity index (χ3v) is 4.61. The Labute approximate surface area is 151 Å². The SMILES string of the molecule is O=C(Nc1cc(C(F)(F)F)ccc1Oc1ccc(Br)cc1)C1CCC1. The summed E-state index contributed by atoms with van der Waals surface area (Å²) in [7, 11) is 0. The smallest absolute Gasteiger partial charge is 0.416 e. The van der Waals surface area contributed by atoms with Gasteiger partial charge < -0.3 is 10.1 Å². The molecular weight excluding hydrogens is 399 g/mol. The van der Waals surface area contributed by atoms with Crippen LogP contribution < -0.4 is 10.1 Å². The third-order valence-electron chi connectivity index (χ3n) is 4.08. The fourth-order valence-electron chi connectivity index (χ4n) is 2.43. The van der Waals surface area contributed by atoms with Crippen molar-refractivity contribution in [3.05, 3.63) is 52.5 Å². The first kappa shape index (κ1) is 17.8. The summed E-state index contributed by atoms with van der Waals surface area (Å²) in [5, 5.41) is 2.58. The number of hydrogen-bond donors (Lipinski definition) is 1. The Morgan fingerprint density at radius 2 is 1.80 bits per heavy atom. The molecule has 0 radical (unpaired) electrons. The summed E-state index contributed by atoms with van der Waals surface area (Å²) in [6, 6.07) is 9.94. The summed E-state index contributed by atoms with van der Waals surface area (Å²) < 4.78 is 45.5. The molecule has 0 aliphatic heterocycles. The highest BCUT2D eigenvalue weighted by molar-refractivity contribution is 9.10. The number of hydrogen-bond acceptors (Lipinski definition) is 2. The van der Waals surface area contributed by atoms with Crippen LogP contribution in [0.4, 0.5) is 18.9 Å². The molecule has 0 heterocycles. The molecule has 1 aliphatic rings. The maximum absolute atomic E-state index is 13.0. The lowest BCUT2D eigenvalue weighted by atomic mass is 9.85. The number of carbonyl (C=O) groups is 1. The Bertz CT molecular complexity index is 771. The summed E-state index contributed by atoms with van der Waals surface area (Å²) in [4.78, 5) is 12.2. The van der Waals surface area contributed by atoms with Crippen molar-refractivity contribution in [1.29, 1.82) is 0 Å². The first-order valence-electron chi connectivity index (χ1n) is 7.78. The van der Waals surface area contributed by atoms with Gasteiger partial charge in [0.05, 0.1) is 11.3 Å². The van der Waals surface area contributed by atoms with E-state index in [1.54, 1.807) is 24.3 Å². The van der Waals surface area contributed by atoms with Gasteiger partial charge in [-0.3, -0.25) is 4.79 Å². The van der Waals surface area contributed by atoms with E-state index in [4.69, 9.17) is 4.74 Å². The molecule has 0 atom stereocenters. The van der Waals surface area contributed by atoms with Gasteiger partial charge in [0, 0.05) is 10.4 Å². The molecule has 0 saturated heterocycles. The average Bonchev–Trinajstić information content (AvgIpc) is 2.48. The van der Waals surface area contributed by atoms with E-state index >= 15 is 0 Å². The summed E-state index contributed by atoms with van der Waals surface area (Å²) in [5.74, 6) is 0.214. The molecule has 2 aromatic rings. The molecule has 1 saturated carbocycles. The van der Waals surface area contributed by atoms with Crippen LogP contribution in [0.2, 0.25) is 0 Å². The molecule has 1 amide bonds. The van der Waals surface area contributed by atoms with Gasteiger partial charge in [0.2, 0.25) is 5.91 Å². The highest BCUT2D eigenvalue weighted by Crippen LogP contribution is 2.38. The fraction of sp³-hybridized carbons (Fsp3) is 0.278. The number of amides is 1. The fourth-order valence-corrected chi connectivity index (χ4v) is 2.69. The molecule has 0 unspecified atom stereocenters. The van der Waals surface area contributed by atoms with Crippen molar-refractivity contribution in [3.63, 3.8) is 0 Å². The van der Waals surface area contributed by atoms with Gasteiger partial charge in [0.1, 0.15) is 5.75 Å². The van der Waals surface area contributed by atoms with E-state index in [1.807, 2.05) is 0 Å². The minimum atomic E-state index is -4.49. The summed E-state index contributed by atoms with van der Waals surface area (Å²) in [6.07, 6.45) is -2.02. The number of nitrogens with one attached hydrogen (secondary N) is 1. The highest BCUT2D eigenvalue weighted by Gasteiger charge is 2.32. The van der Waals surface area contributed by atoms with E-state index in [0.29, 0.717) is 5.75 Å². The van der Waals surface area contributed by atoms with Gasteiger partial charge in [-0.2, -0.15) is 13.2 Å². The topological polar surface area (TPSA) is 38.3 Å². The minimum absolute atomic E-state index is 0.0228. The highest BCUT2D eigenvalue weighted by atomic mass is 79.9. The molecule has 0 bridgehead atoms. The van der Waals surface area contributed by atoms with E-state index in [2.05, 4.69) is 21.2 Å². The van der Waals surface area contributed by atoms with Crippen molar-refractivity contribution in [2.24, 2.45) is 5.92 Å². The zero-order chi connectivity index (χ0) is 18.0. The molecule has 132 valence electrons. The lowest BCUT2D eigenvalue weighted by Gasteiger charge is -2.25. The van der Waals surface area contributed by atoms with Crippen LogP contribution in [0.3, 0.4) is 0 Å². The van der Waals surface area contributed by atoms with Crippen molar-refractivity contribution in [1.82, 2.24) is 0 Å². The van der Waals surface area contributed by atoms with E-state index < -0.39 is 11.7 Å². The second-order valence-electron chi connectivity index (χ2n) is 5.88. The predicted molar refractivity (Wildman–Crippen MR) is 91.6 cm³/mol. The van der Waals surface area contributed by atoms with E-state index in [1.165, 1.54) is 6.07 Å². The van der Waals surface area contributed by atoms with Crippen LogP contribution in [0.15, 0.2) is 46.9 Å². The minimum Gasteiger partial charge on any atom is -0.455 e. The number of carbonyl (C=O) groups excluding carboxylic acids is 1. The first-order chi connectivity index (χ1) is 11.8. The second-order valence-corrected chi connectivity index (χ2v) is 6.80. The maximum Gasteiger partial charge on any atom is 0.416 e. The van der Waals surface area contributed by atoms with Crippen LogP contribution in [-0.4, -0.2) is 5.91 Å². The van der Waals surface area contributed by atoms with E-state index in [9.17, 15) is 18.0 Å². The molecule has 7 heteroatoms. The molecule has 25 heavy (non-hydrogen) atoms. The zero-order valence-corrected chi connectivity index (χ0v) is 14.7. The summed E-state index contributed by atoms with van der Waals surface area (Å²) >= 11 is 3.30. The number of halogens is 4. The van der Waals surface area contributed by atoms with Crippen molar-refractivity contribution in [2.75, 3.05) is 5.32 Å². The van der Waals surface area contributed by atoms with Crippen molar-refractivity contribution < 1.29 is 22.7 Å². The van der Waals surface area contributed by atoms with Crippen molar-refractivity contribution in [3.8, 4) is 11.5 Å². The Hall–Kier alpha value is -2.02. The molecule has 1 fully saturated rings. The Morgan fingerprint density at radius 3 is 2.36 bits per heavy atom. The largest absolute Gasteiger partial charge is 0.455 e. The van der Waals surface area contributed by atoms with Gasteiger partial charge in [-0.05, 0) is 55.3 Å². The Kier molecular flexibility index (Phi) is 5.03. The number of alkyl halides is 3. The molecule has 3 rings (SSSR count). The van der Waals surface area contributed by atoms with E-state index in [0.717, 1.165) is 35.9 Å². The van der Waals surface area contributed by atoms with Crippen molar-refractivity contribution >= 4 is 27.5 Å². The lowest BCUT2D eigenvalue weighted by Crippen LogP contribution is -2.28. The molecule has 2 aromatic carbocycles. The number of rotatable bonds is 4. The summed E-state index contributed by atoms with van der Waals surface area (Å²) in [5.41, 5.74) is -0.811. The van der Waals surface area contributed by atoms with Crippen LogP contribution in [0.25, 0.3) is 0 Å². The van der Waals surface area contributed by atoms with Gasteiger partial charge in [0.25, 0.3) is 0 Å². The van der Waals surface area contributed by atoms with Crippen molar-refractivity contribution in [2.45, 2.75) is 25.4 Å². The predicted octanol–water partition coefficient (Wildman–Crippen LogP) is 6.00. The van der Waals surface area contributed by atoms with Gasteiger partial charge in [0.15, 0.2) is 5.75 Å². The number of benzene rings is 2. The normalized spacial score (nSPS) is 14.7. The third kappa shape index (κ3) is 4.34. The van der Waals surface area contributed by atoms with Gasteiger partial charge in [-0.25, -0.2) is 0 Å². The standard InChI is InChI=1S/C18H15BrF3NO2/c19-13-5-7-14(8-6-13)25-16-9-4-12(18(20,21)22)10-15(16)23-17(24)11-2-1-3-11/h4-11H,1-3H2,(H,23,24). The first-order valence-corrected chi connectivity index (χ1v) is 8.58. The van der Waals surface area contributed by atoms with Crippen LogP contribution in [0.1, 0.15) is 24.8 Å². The molecule has 0 spiro atoms. The Balaban J connectivity index is 1.89. The maximum atomic E-state index is 13.0. The quantitative estimate of drug-likeness (QED) is 0.667. The second kappa shape index (κ2) is 7.07. The molecule has 1 aliphatic carbocycles. The lowest BCUT2D eigenvalue weighted by molar-refractivity contribution is -0.137. The molecule has 3 nitrogen and oxygen atoms in total. The molecule has 0 aromatic heterocycles. The molecular formula is C18H15BrF3NO2. The van der Waals surface area contributed by atoms with Gasteiger partial charge in [-0.15, -0.1) is 0 Å². The molecule has 1 N–H and O–H groups in total. The monoisotopic (exact) mass is 413 g/mol. The van der Waals surface area contributed by atoms with Gasteiger partial charge >= 0.3 is 6.18 Å². The Morgan fingerprint density at radius 1 is 1.12 bits per heavy atom. The average molecular weight is 414 g/mol. The summed E-state index contributed by atoms with van der Waals surface area (Å²) in [6.45, 7) is 0. The van der Waals surface area contributed by atoms with Crippen LogP contribution in [-0.2, 0) is 11.0 Å². The van der Waals surface area contributed by atoms with Crippen LogP contribution in [0, 0.1) is 5.92 Å². The van der Waals surface area contributed by atoms with Crippen LogP contribution in [0.5, 0.6) is 11.5 Å². The van der Waals surface area contributed by atoms with Crippen LogP contribution >= 0.6 is 15.9 Å². The number of anilines is 1.